The molecule has 9 heavy (non-hydrogen) atoms. The summed E-state index contributed by atoms with van der Waals surface area (Å²) in [6, 6.07) is 0.270. The van der Waals surface area contributed by atoms with Crippen molar-refractivity contribution in [2.45, 2.75) is 19.9 Å². The number of rotatable bonds is 1. The van der Waals surface area contributed by atoms with Crippen molar-refractivity contribution in [1.29, 1.82) is 0 Å². The molecule has 0 radical (unpaired) electrons. The van der Waals surface area contributed by atoms with Crippen molar-refractivity contribution >= 4 is 6.08 Å². The fraction of sp³-hybridized carbons (Fsp3) is 0.833. The van der Waals surface area contributed by atoms with Crippen LogP contribution in [0.2, 0.25) is 0 Å². The molecule has 0 aromatic rings. The second-order valence-electron chi connectivity index (χ2n) is 1.99. The van der Waals surface area contributed by atoms with E-state index in [0.29, 0.717) is 19.3 Å². The molecule has 1 atom stereocenters. The van der Waals surface area contributed by atoms with E-state index in [2.05, 4.69) is 4.99 Å². The first-order chi connectivity index (χ1) is 4.33. The smallest absolute Gasteiger partial charge is 0.383 e. The number of hydrogen-bond acceptors (Lipinski definition) is 3. The summed E-state index contributed by atoms with van der Waals surface area (Å²) in [6.07, 6.45) is 0.449. The third-order valence-electron chi connectivity index (χ3n) is 1.04. The van der Waals surface area contributed by atoms with Crippen LogP contribution in [-0.4, -0.2) is 25.3 Å². The van der Waals surface area contributed by atoms with Gasteiger partial charge in [-0.2, -0.15) is 0 Å². The van der Waals surface area contributed by atoms with Crippen LogP contribution in [-0.2, 0) is 9.47 Å². The van der Waals surface area contributed by atoms with Gasteiger partial charge in [-0.15, -0.1) is 0 Å². The van der Waals surface area contributed by atoms with Gasteiger partial charge in [-0.05, 0) is 13.8 Å². The summed E-state index contributed by atoms with van der Waals surface area (Å²) >= 11 is 0. The van der Waals surface area contributed by atoms with Crippen molar-refractivity contribution in [3.05, 3.63) is 0 Å². The summed E-state index contributed by atoms with van der Waals surface area (Å²) in [5.74, 6) is 0. The number of hydrogen-bond donors (Lipinski definition) is 0. The monoisotopic (exact) mass is 129 g/mol. The van der Waals surface area contributed by atoms with Crippen LogP contribution >= 0.6 is 0 Å². The fourth-order valence-electron chi connectivity index (χ4n) is 0.649. The normalized spacial score (nSPS) is 25.1. The van der Waals surface area contributed by atoms with Crippen molar-refractivity contribution in [2.24, 2.45) is 4.99 Å². The Labute approximate surface area is 54.7 Å². The van der Waals surface area contributed by atoms with Crippen LogP contribution in [0.25, 0.3) is 0 Å². The Balaban J connectivity index is 2.33. The van der Waals surface area contributed by atoms with E-state index in [0.717, 1.165) is 0 Å². The molecule has 0 saturated carbocycles. The first-order valence-corrected chi connectivity index (χ1v) is 3.16. The molecule has 3 heteroatoms. The van der Waals surface area contributed by atoms with Gasteiger partial charge in [0.25, 0.3) is 0 Å². The Morgan fingerprint density at radius 1 is 1.89 bits per heavy atom. The van der Waals surface area contributed by atoms with Crippen molar-refractivity contribution in [3.8, 4) is 0 Å². The van der Waals surface area contributed by atoms with Gasteiger partial charge in [0.2, 0.25) is 0 Å². The van der Waals surface area contributed by atoms with Crippen LogP contribution in [0.1, 0.15) is 13.8 Å². The fourth-order valence-corrected chi connectivity index (χ4v) is 0.649. The zero-order valence-corrected chi connectivity index (χ0v) is 5.76. The lowest BCUT2D eigenvalue weighted by molar-refractivity contribution is 0.194. The van der Waals surface area contributed by atoms with Gasteiger partial charge in [0.1, 0.15) is 6.61 Å². The maximum Gasteiger partial charge on any atom is 0.383 e. The molecular formula is C6H11NO2. The maximum absolute atomic E-state index is 5.03. The molecule has 0 aliphatic carbocycles. The first kappa shape index (κ1) is 6.39. The highest BCUT2D eigenvalue weighted by Crippen LogP contribution is 2.03. The Morgan fingerprint density at radius 3 is 3.11 bits per heavy atom. The summed E-state index contributed by atoms with van der Waals surface area (Å²) < 4.78 is 10.0. The molecule has 0 fully saturated rings. The van der Waals surface area contributed by atoms with E-state index < -0.39 is 0 Å². The van der Waals surface area contributed by atoms with Crippen LogP contribution in [0, 0.1) is 0 Å². The lowest BCUT2D eigenvalue weighted by atomic mass is 10.4. The first-order valence-electron chi connectivity index (χ1n) is 3.16. The van der Waals surface area contributed by atoms with Crippen LogP contribution in [0.4, 0.5) is 0 Å². The van der Waals surface area contributed by atoms with E-state index in [9.17, 15) is 0 Å². The predicted molar refractivity (Wildman–Crippen MR) is 34.5 cm³/mol. The molecule has 0 amide bonds. The van der Waals surface area contributed by atoms with Gasteiger partial charge in [-0.3, -0.25) is 0 Å². The van der Waals surface area contributed by atoms with Gasteiger partial charge in [-0.25, -0.2) is 4.99 Å². The topological polar surface area (TPSA) is 30.8 Å². The molecule has 0 aromatic carbocycles. The summed E-state index contributed by atoms with van der Waals surface area (Å²) in [5, 5.41) is 0. The van der Waals surface area contributed by atoms with Crippen LogP contribution in [0.3, 0.4) is 0 Å². The van der Waals surface area contributed by atoms with Gasteiger partial charge in [0.05, 0.1) is 12.6 Å². The second-order valence-corrected chi connectivity index (χ2v) is 1.99. The number of aliphatic imine (C=N–C) groups is 1. The summed E-state index contributed by atoms with van der Waals surface area (Å²) in [6.45, 7) is 5.20. The third kappa shape index (κ3) is 1.59. The van der Waals surface area contributed by atoms with E-state index in [1.807, 2.05) is 13.8 Å². The average molecular weight is 129 g/mol. The third-order valence-corrected chi connectivity index (χ3v) is 1.04. The Hall–Kier alpha value is -0.730. The zero-order valence-electron chi connectivity index (χ0n) is 5.76. The molecule has 1 aliphatic rings. The van der Waals surface area contributed by atoms with E-state index in [1.165, 1.54) is 0 Å². The Morgan fingerprint density at radius 2 is 2.67 bits per heavy atom. The highest BCUT2D eigenvalue weighted by molar-refractivity contribution is 5.68. The molecule has 0 spiro atoms. The molecule has 1 unspecified atom stereocenters. The van der Waals surface area contributed by atoms with E-state index in [1.54, 1.807) is 0 Å². The quantitative estimate of drug-likeness (QED) is 0.524. The minimum atomic E-state index is 0.270. The van der Waals surface area contributed by atoms with Crippen molar-refractivity contribution in [3.63, 3.8) is 0 Å². The molecule has 1 aliphatic heterocycles. The van der Waals surface area contributed by atoms with Crippen molar-refractivity contribution in [1.82, 2.24) is 0 Å². The molecule has 0 N–H and O–H groups in total. The second kappa shape index (κ2) is 2.71. The molecule has 3 nitrogen and oxygen atoms in total. The molecule has 0 bridgehead atoms. The molecule has 52 valence electrons. The lowest BCUT2D eigenvalue weighted by Gasteiger charge is -1.98. The van der Waals surface area contributed by atoms with E-state index >= 15 is 0 Å². The molecule has 1 heterocycles. The van der Waals surface area contributed by atoms with Gasteiger partial charge in [-0.1, -0.05) is 0 Å². The largest absolute Gasteiger partial charge is 0.451 e. The number of nitrogens with zero attached hydrogens (tertiary/aromatic N) is 1. The van der Waals surface area contributed by atoms with Crippen molar-refractivity contribution < 1.29 is 9.47 Å². The molecule has 0 aromatic heterocycles. The highest BCUT2D eigenvalue weighted by atomic mass is 16.7. The molecular weight excluding hydrogens is 118 g/mol. The van der Waals surface area contributed by atoms with Gasteiger partial charge < -0.3 is 9.47 Å². The average Bonchev–Trinajstić information content (AvgIpc) is 2.17. The summed E-state index contributed by atoms with van der Waals surface area (Å²) in [4.78, 5) is 4.05. The Kier molecular flexibility index (Phi) is 1.92. The summed E-state index contributed by atoms with van der Waals surface area (Å²) in [5.41, 5.74) is 0. The lowest BCUT2D eigenvalue weighted by Crippen LogP contribution is -2.04. The standard InChI is InChI=1S/C6H11NO2/c1-3-8-6-7-5(2)4-9-6/h5H,3-4H2,1-2H3. The minimum absolute atomic E-state index is 0.270. The predicted octanol–water partition coefficient (Wildman–Crippen LogP) is 0.798. The van der Waals surface area contributed by atoms with Crippen LogP contribution < -0.4 is 0 Å². The molecule has 1 rings (SSSR count). The van der Waals surface area contributed by atoms with E-state index in [-0.39, 0.29) is 6.04 Å². The Bertz CT molecular complexity index is 122. The van der Waals surface area contributed by atoms with Gasteiger partial charge in [0, 0.05) is 0 Å². The molecule has 0 saturated heterocycles. The van der Waals surface area contributed by atoms with E-state index in [4.69, 9.17) is 9.47 Å². The van der Waals surface area contributed by atoms with Gasteiger partial charge in [0.15, 0.2) is 0 Å². The highest BCUT2D eigenvalue weighted by Gasteiger charge is 2.14. The number of ether oxygens (including phenoxy) is 2. The van der Waals surface area contributed by atoms with Crippen LogP contribution in [0.5, 0.6) is 0 Å². The zero-order chi connectivity index (χ0) is 6.69. The minimum Gasteiger partial charge on any atom is -0.451 e. The SMILES string of the molecule is CCOC1=NC(C)CO1. The summed E-state index contributed by atoms with van der Waals surface area (Å²) in [7, 11) is 0. The van der Waals surface area contributed by atoms with Crippen molar-refractivity contribution in [2.75, 3.05) is 13.2 Å². The van der Waals surface area contributed by atoms with Crippen LogP contribution in [0.15, 0.2) is 4.99 Å². The van der Waals surface area contributed by atoms with Gasteiger partial charge >= 0.3 is 6.08 Å². The maximum atomic E-state index is 5.03.